The number of fused-ring (bicyclic) bond motifs is 2. The Labute approximate surface area is 297 Å². The molecule has 6 rings (SSSR count). The van der Waals surface area contributed by atoms with Gasteiger partial charge in [0.2, 0.25) is 5.95 Å². The van der Waals surface area contributed by atoms with Gasteiger partial charge in [-0.3, -0.25) is 14.3 Å². The van der Waals surface area contributed by atoms with Gasteiger partial charge < -0.3 is 29.7 Å². The number of carbonyl (C=O) groups is 2. The van der Waals surface area contributed by atoms with Gasteiger partial charge >= 0.3 is 12.2 Å². The smallest absolute Gasteiger partial charge is 0.414 e. The van der Waals surface area contributed by atoms with Crippen LogP contribution in [0.2, 0.25) is 0 Å². The predicted molar refractivity (Wildman–Crippen MR) is 197 cm³/mol. The van der Waals surface area contributed by atoms with Gasteiger partial charge in [0.25, 0.3) is 5.56 Å². The highest BCUT2D eigenvalue weighted by atomic mass is 16.6. The Morgan fingerprint density at radius 3 is 2.57 bits per heavy atom. The lowest BCUT2D eigenvalue weighted by atomic mass is 10.0. The molecule has 51 heavy (non-hydrogen) atoms. The minimum Gasteiger partial charge on any atom is -0.444 e. The van der Waals surface area contributed by atoms with Crippen LogP contribution in [0.25, 0.3) is 11.0 Å². The molecule has 0 saturated carbocycles. The summed E-state index contributed by atoms with van der Waals surface area (Å²) in [7, 11) is 0. The molecule has 1 fully saturated rings. The second-order valence-corrected chi connectivity index (χ2v) is 14.0. The first-order valence-corrected chi connectivity index (χ1v) is 17.6. The van der Waals surface area contributed by atoms with Crippen molar-refractivity contribution in [3.8, 4) is 0 Å². The van der Waals surface area contributed by atoms with Gasteiger partial charge in [-0.1, -0.05) is 42.5 Å². The highest BCUT2D eigenvalue weighted by Gasteiger charge is 2.34. The molecule has 2 aliphatic rings. The molecule has 1 atom stereocenters. The van der Waals surface area contributed by atoms with Gasteiger partial charge in [-0.25, -0.2) is 14.6 Å². The summed E-state index contributed by atoms with van der Waals surface area (Å²) in [6, 6.07) is 16.8. The Hall–Kier alpha value is -5.17. The van der Waals surface area contributed by atoms with Crippen LogP contribution < -0.4 is 20.7 Å². The Balaban J connectivity index is 1.38. The lowest BCUT2D eigenvalue weighted by Gasteiger charge is -2.39. The third-order valence-electron chi connectivity index (χ3n) is 9.08. The van der Waals surface area contributed by atoms with Crippen molar-refractivity contribution in [3.63, 3.8) is 0 Å². The number of aromatic nitrogens is 3. The molecule has 2 N–H and O–H groups in total. The Morgan fingerprint density at radius 1 is 1.00 bits per heavy atom. The fourth-order valence-electron chi connectivity index (χ4n) is 6.69. The van der Waals surface area contributed by atoms with E-state index in [1.807, 2.05) is 87.2 Å². The van der Waals surface area contributed by atoms with Crippen LogP contribution >= 0.6 is 0 Å². The summed E-state index contributed by atoms with van der Waals surface area (Å²) < 4.78 is 13.1. The second kappa shape index (κ2) is 15.4. The highest BCUT2D eigenvalue weighted by Crippen LogP contribution is 2.40. The van der Waals surface area contributed by atoms with Gasteiger partial charge in [-0.15, -0.1) is 0 Å². The van der Waals surface area contributed by atoms with Gasteiger partial charge in [-0.05, 0) is 76.6 Å². The van der Waals surface area contributed by atoms with Crippen molar-refractivity contribution in [2.75, 3.05) is 54.4 Å². The average Bonchev–Trinajstić information content (AvgIpc) is 3.12. The van der Waals surface area contributed by atoms with E-state index >= 15 is 0 Å². The minimum absolute atomic E-state index is 0.101. The molecular weight excluding hydrogens is 650 g/mol. The molecule has 0 aliphatic carbocycles. The number of unbranched alkanes of at least 4 members (excludes halogenated alkanes) is 1. The van der Waals surface area contributed by atoms with Crippen LogP contribution in [0.15, 0.2) is 65.6 Å². The lowest BCUT2D eigenvalue weighted by Crippen LogP contribution is -2.47. The number of pyridine rings is 1. The number of aliphatic hydroxyl groups is 1. The monoisotopic (exact) mass is 697 g/mol. The molecule has 0 spiro atoms. The zero-order valence-electron chi connectivity index (χ0n) is 29.8. The van der Waals surface area contributed by atoms with Gasteiger partial charge in [0.05, 0.1) is 17.4 Å². The van der Waals surface area contributed by atoms with Crippen LogP contribution in [0, 0.1) is 6.92 Å². The number of piperidine rings is 1. The van der Waals surface area contributed by atoms with E-state index in [4.69, 9.17) is 14.5 Å². The van der Waals surface area contributed by atoms with E-state index in [9.17, 15) is 19.5 Å². The van der Waals surface area contributed by atoms with E-state index in [0.29, 0.717) is 79.5 Å². The summed E-state index contributed by atoms with van der Waals surface area (Å²) in [4.78, 5) is 56.1. The summed E-state index contributed by atoms with van der Waals surface area (Å²) in [5, 5.41) is 13.1. The van der Waals surface area contributed by atoms with Gasteiger partial charge in [0.1, 0.15) is 23.5 Å². The van der Waals surface area contributed by atoms with Crippen molar-refractivity contribution in [2.45, 2.75) is 71.6 Å². The summed E-state index contributed by atoms with van der Waals surface area (Å²) in [6.07, 6.45) is 3.57. The fourth-order valence-corrected chi connectivity index (χ4v) is 6.69. The SMILES string of the molecule is Cc1cccc2c1N(C(=O)OCc1ccccc1)CCN2c1cc2cnc(NCCCCO)nc2n(C2CCCN(C(=O)OC(C)(C)C)C2)c1=O. The molecule has 13 nitrogen and oxygen atoms in total. The molecule has 1 unspecified atom stereocenters. The minimum atomic E-state index is -0.654. The zero-order valence-corrected chi connectivity index (χ0v) is 29.8. The van der Waals surface area contributed by atoms with E-state index in [1.165, 1.54) is 0 Å². The van der Waals surface area contributed by atoms with Crippen LogP contribution in [0.4, 0.5) is 32.6 Å². The van der Waals surface area contributed by atoms with E-state index in [-0.39, 0.29) is 31.4 Å². The third kappa shape index (κ3) is 8.09. The summed E-state index contributed by atoms with van der Waals surface area (Å²) in [6.45, 7) is 9.72. The molecule has 2 aliphatic heterocycles. The van der Waals surface area contributed by atoms with E-state index in [2.05, 4.69) is 10.3 Å². The van der Waals surface area contributed by atoms with Crippen LogP contribution in [-0.4, -0.2) is 81.7 Å². The van der Waals surface area contributed by atoms with Gasteiger partial charge in [0, 0.05) is 50.9 Å². The number of nitrogens with one attached hydrogen (secondary N) is 1. The molecular formula is C38H47N7O6. The van der Waals surface area contributed by atoms with E-state index in [0.717, 1.165) is 17.5 Å². The number of aryl methyl sites for hydroxylation is 1. The first-order chi connectivity index (χ1) is 24.5. The Bertz CT molecular complexity index is 1930. The molecule has 2 aromatic heterocycles. The van der Waals surface area contributed by atoms with Crippen molar-refractivity contribution in [1.29, 1.82) is 0 Å². The zero-order chi connectivity index (χ0) is 36.1. The van der Waals surface area contributed by atoms with Crippen molar-refractivity contribution in [1.82, 2.24) is 19.4 Å². The number of rotatable bonds is 9. The summed E-state index contributed by atoms with van der Waals surface area (Å²) in [5.74, 6) is 0.379. The average molecular weight is 698 g/mol. The standard InChI is InChI=1S/C38H47N7O6/c1-26-12-10-16-30-32(26)44(37(49)50-25-27-13-6-5-7-14-27)20-19-43(30)31-22-28-23-40-35(39-17-8-9-21-46)41-33(28)45(34(31)47)29-15-11-18-42(24-29)36(48)51-38(2,3)4/h5-7,10,12-14,16,22-23,29,46H,8-9,11,15,17-21,24-25H2,1-4H3,(H,39,40,41). The van der Waals surface area contributed by atoms with Crippen LogP contribution in [0.5, 0.6) is 0 Å². The molecule has 4 heterocycles. The second-order valence-electron chi connectivity index (χ2n) is 14.0. The molecule has 2 amide bonds. The Morgan fingerprint density at radius 2 is 1.80 bits per heavy atom. The number of amides is 2. The lowest BCUT2D eigenvalue weighted by molar-refractivity contribution is 0.0173. The Kier molecular flexibility index (Phi) is 10.8. The van der Waals surface area contributed by atoms with Crippen molar-refractivity contribution in [2.24, 2.45) is 0 Å². The normalized spacial score (nSPS) is 16.2. The number of ether oxygens (including phenoxy) is 2. The number of hydrogen-bond donors (Lipinski definition) is 2. The summed E-state index contributed by atoms with van der Waals surface area (Å²) >= 11 is 0. The molecule has 1 saturated heterocycles. The molecule has 13 heteroatoms. The molecule has 2 aromatic carbocycles. The number of para-hydroxylation sites is 1. The van der Waals surface area contributed by atoms with Crippen LogP contribution in [-0.2, 0) is 16.1 Å². The van der Waals surface area contributed by atoms with Crippen LogP contribution in [0.1, 0.15) is 63.6 Å². The first kappa shape index (κ1) is 35.6. The molecule has 4 aromatic rings. The van der Waals surface area contributed by atoms with Crippen LogP contribution in [0.3, 0.4) is 0 Å². The number of anilines is 4. The quantitative estimate of drug-likeness (QED) is 0.196. The first-order valence-electron chi connectivity index (χ1n) is 17.6. The fraction of sp³-hybridized carbons (Fsp3) is 0.447. The largest absolute Gasteiger partial charge is 0.444 e. The number of benzene rings is 2. The topological polar surface area (TPSA) is 142 Å². The third-order valence-corrected chi connectivity index (χ3v) is 9.08. The van der Waals surface area contributed by atoms with Gasteiger partial charge in [-0.2, -0.15) is 4.98 Å². The summed E-state index contributed by atoms with van der Waals surface area (Å²) in [5.41, 5.74) is 3.14. The van der Waals surface area contributed by atoms with Crippen molar-refractivity contribution in [3.05, 3.63) is 82.3 Å². The number of hydrogen-bond acceptors (Lipinski definition) is 10. The highest BCUT2D eigenvalue weighted by molar-refractivity contribution is 5.97. The molecule has 270 valence electrons. The van der Waals surface area contributed by atoms with E-state index < -0.39 is 17.8 Å². The van der Waals surface area contributed by atoms with Crippen molar-refractivity contribution < 1.29 is 24.2 Å². The van der Waals surface area contributed by atoms with Gasteiger partial charge in [0.15, 0.2) is 0 Å². The maximum absolute atomic E-state index is 14.8. The van der Waals surface area contributed by atoms with Crippen molar-refractivity contribution >= 4 is 46.2 Å². The van der Waals surface area contributed by atoms with E-state index in [1.54, 1.807) is 20.6 Å². The predicted octanol–water partition coefficient (Wildman–Crippen LogP) is 6.15. The molecule has 0 radical (unpaired) electrons. The maximum Gasteiger partial charge on any atom is 0.414 e. The number of likely N-dealkylation sites (tertiary alicyclic amines) is 1. The molecule has 0 bridgehead atoms. The number of aliphatic hydroxyl groups excluding tert-OH is 1. The number of nitrogens with zero attached hydrogens (tertiary/aromatic N) is 6. The number of carbonyl (C=O) groups excluding carboxylic acids is 2. The maximum atomic E-state index is 14.8.